The normalized spacial score (nSPS) is 19.4. The van der Waals surface area contributed by atoms with Crippen LogP contribution in [0.1, 0.15) is 37.4 Å². The zero-order chi connectivity index (χ0) is 11.8. The van der Waals surface area contributed by atoms with Gasteiger partial charge in [0, 0.05) is 31.1 Å². The molecule has 0 aliphatic heterocycles. The van der Waals surface area contributed by atoms with E-state index >= 15 is 0 Å². The number of H-pyrrole nitrogens is 1. The first-order chi connectivity index (χ1) is 8.28. The quantitative estimate of drug-likeness (QED) is 0.781. The zero-order valence-electron chi connectivity index (χ0n) is 9.85. The Morgan fingerprint density at radius 2 is 2.18 bits per heavy atom. The molecule has 0 saturated heterocycles. The summed E-state index contributed by atoms with van der Waals surface area (Å²) in [7, 11) is 0. The van der Waals surface area contributed by atoms with Crippen LogP contribution in [0.15, 0.2) is 10.9 Å². The molecule has 0 radical (unpaired) electrons. The predicted molar refractivity (Wildman–Crippen MR) is 66.3 cm³/mol. The van der Waals surface area contributed by atoms with Gasteiger partial charge in [0.25, 0.3) is 5.56 Å². The van der Waals surface area contributed by atoms with Crippen molar-refractivity contribution in [3.8, 4) is 0 Å². The van der Waals surface area contributed by atoms with Gasteiger partial charge < -0.3 is 15.6 Å². The topological polar surface area (TPSA) is 75.0 Å². The highest BCUT2D eigenvalue weighted by Gasteiger charge is 2.31. The average Bonchev–Trinajstić information content (AvgIpc) is 3.18. The molecule has 2 fully saturated rings. The highest BCUT2D eigenvalue weighted by atomic mass is 16.1. The second-order valence-electron chi connectivity index (χ2n) is 4.98. The van der Waals surface area contributed by atoms with E-state index in [0.717, 1.165) is 31.0 Å². The lowest BCUT2D eigenvalue weighted by atomic mass is 10.3. The van der Waals surface area contributed by atoms with Gasteiger partial charge in [-0.3, -0.25) is 4.79 Å². The van der Waals surface area contributed by atoms with Crippen LogP contribution in [-0.2, 0) is 0 Å². The van der Waals surface area contributed by atoms with E-state index in [-0.39, 0.29) is 5.56 Å². The third-order valence-electron chi connectivity index (χ3n) is 3.36. The van der Waals surface area contributed by atoms with Crippen molar-refractivity contribution in [2.45, 2.75) is 37.6 Å². The van der Waals surface area contributed by atoms with Crippen LogP contribution in [-0.4, -0.2) is 29.1 Å². The van der Waals surface area contributed by atoms with Crippen molar-refractivity contribution in [2.24, 2.45) is 5.73 Å². The maximum absolute atomic E-state index is 11.6. The van der Waals surface area contributed by atoms with Gasteiger partial charge in [-0.1, -0.05) is 0 Å². The Morgan fingerprint density at radius 3 is 2.76 bits per heavy atom. The van der Waals surface area contributed by atoms with Gasteiger partial charge in [-0.05, 0) is 25.7 Å². The minimum Gasteiger partial charge on any atom is -0.352 e. The molecule has 1 aromatic heterocycles. The average molecular weight is 234 g/mol. The molecule has 2 aliphatic rings. The molecule has 5 nitrogen and oxygen atoms in total. The summed E-state index contributed by atoms with van der Waals surface area (Å²) in [5.74, 6) is 2.14. The number of aromatic amines is 1. The number of rotatable bonds is 5. The summed E-state index contributed by atoms with van der Waals surface area (Å²) in [5.41, 5.74) is 5.58. The molecule has 17 heavy (non-hydrogen) atoms. The molecule has 0 amide bonds. The van der Waals surface area contributed by atoms with Crippen molar-refractivity contribution in [2.75, 3.05) is 18.0 Å². The van der Waals surface area contributed by atoms with Crippen LogP contribution in [0.5, 0.6) is 0 Å². The summed E-state index contributed by atoms with van der Waals surface area (Å²) < 4.78 is 0. The molecule has 0 aromatic carbocycles. The van der Waals surface area contributed by atoms with E-state index in [1.54, 1.807) is 6.07 Å². The van der Waals surface area contributed by atoms with E-state index in [1.807, 2.05) is 0 Å². The summed E-state index contributed by atoms with van der Waals surface area (Å²) in [5, 5.41) is 0. The van der Waals surface area contributed by atoms with Crippen LogP contribution in [0.4, 0.5) is 5.82 Å². The molecule has 0 unspecified atom stereocenters. The summed E-state index contributed by atoms with van der Waals surface area (Å²) in [6.07, 6.45) is 4.67. The van der Waals surface area contributed by atoms with E-state index in [4.69, 9.17) is 5.73 Å². The monoisotopic (exact) mass is 234 g/mol. The first-order valence-electron chi connectivity index (χ1n) is 6.36. The van der Waals surface area contributed by atoms with Gasteiger partial charge in [0.05, 0.1) is 0 Å². The Labute approximate surface area is 100 Å². The lowest BCUT2D eigenvalue weighted by molar-refractivity contribution is 0.756. The Bertz CT molecular complexity index is 462. The molecule has 0 bridgehead atoms. The molecule has 5 heteroatoms. The minimum atomic E-state index is -0.0421. The summed E-state index contributed by atoms with van der Waals surface area (Å²) >= 11 is 0. The molecule has 92 valence electrons. The van der Waals surface area contributed by atoms with Crippen molar-refractivity contribution in [1.29, 1.82) is 0 Å². The van der Waals surface area contributed by atoms with Crippen LogP contribution in [0, 0.1) is 0 Å². The van der Waals surface area contributed by atoms with E-state index < -0.39 is 0 Å². The Kier molecular flexibility index (Phi) is 2.63. The molecule has 1 aromatic rings. The van der Waals surface area contributed by atoms with Gasteiger partial charge in [0.15, 0.2) is 0 Å². The van der Waals surface area contributed by atoms with Gasteiger partial charge >= 0.3 is 0 Å². The number of nitrogens with two attached hydrogens (primary N) is 1. The number of nitrogens with zero attached hydrogens (tertiary/aromatic N) is 2. The third kappa shape index (κ3) is 2.34. The Hall–Kier alpha value is -1.36. The van der Waals surface area contributed by atoms with Gasteiger partial charge in [-0.25, -0.2) is 4.98 Å². The second kappa shape index (κ2) is 4.14. The van der Waals surface area contributed by atoms with Crippen LogP contribution in [0.2, 0.25) is 0 Å². The highest BCUT2D eigenvalue weighted by molar-refractivity contribution is 5.41. The maximum Gasteiger partial charge on any atom is 0.252 e. The smallest absolute Gasteiger partial charge is 0.252 e. The molecule has 0 atom stereocenters. The van der Waals surface area contributed by atoms with E-state index in [2.05, 4.69) is 14.9 Å². The fourth-order valence-corrected chi connectivity index (χ4v) is 2.17. The maximum atomic E-state index is 11.6. The lowest BCUT2D eigenvalue weighted by Crippen LogP contribution is -2.33. The summed E-state index contributed by atoms with van der Waals surface area (Å²) in [6, 6.07) is 2.14. The van der Waals surface area contributed by atoms with Gasteiger partial charge in [0.2, 0.25) is 0 Å². The highest BCUT2D eigenvalue weighted by Crippen LogP contribution is 2.38. The van der Waals surface area contributed by atoms with E-state index in [0.29, 0.717) is 18.5 Å². The predicted octanol–water partition coefficient (Wildman–Crippen LogP) is 0.575. The van der Waals surface area contributed by atoms with E-state index in [9.17, 15) is 4.79 Å². The van der Waals surface area contributed by atoms with Gasteiger partial charge in [0.1, 0.15) is 11.6 Å². The standard InChI is InChI=1S/C12H18N4O/c13-5-6-16(9-3-4-9)10-7-11(17)15-12(14-10)8-1-2-8/h7-9H,1-6,13H2,(H,14,15,17). The number of hydrogen-bond acceptors (Lipinski definition) is 4. The first kappa shape index (κ1) is 10.8. The zero-order valence-corrected chi connectivity index (χ0v) is 9.85. The summed E-state index contributed by atoms with van der Waals surface area (Å²) in [6.45, 7) is 1.38. The number of aromatic nitrogens is 2. The molecule has 2 aliphatic carbocycles. The van der Waals surface area contributed by atoms with Crippen LogP contribution in [0.25, 0.3) is 0 Å². The van der Waals surface area contributed by atoms with Crippen molar-refractivity contribution in [3.63, 3.8) is 0 Å². The molecule has 3 rings (SSSR count). The van der Waals surface area contributed by atoms with Gasteiger partial charge in [-0.2, -0.15) is 0 Å². The number of nitrogens with one attached hydrogen (secondary N) is 1. The molecule has 0 spiro atoms. The Morgan fingerprint density at radius 1 is 1.41 bits per heavy atom. The molecule has 3 N–H and O–H groups in total. The molecular formula is C12H18N4O. The third-order valence-corrected chi connectivity index (χ3v) is 3.36. The number of anilines is 1. The molecule has 2 saturated carbocycles. The molecular weight excluding hydrogens is 216 g/mol. The number of hydrogen-bond donors (Lipinski definition) is 2. The largest absolute Gasteiger partial charge is 0.352 e. The van der Waals surface area contributed by atoms with E-state index in [1.165, 1.54) is 12.8 Å². The fourth-order valence-electron chi connectivity index (χ4n) is 2.17. The lowest BCUT2D eigenvalue weighted by Gasteiger charge is -2.22. The van der Waals surface area contributed by atoms with Gasteiger partial charge in [-0.15, -0.1) is 0 Å². The van der Waals surface area contributed by atoms with Crippen molar-refractivity contribution >= 4 is 5.82 Å². The fraction of sp³-hybridized carbons (Fsp3) is 0.667. The van der Waals surface area contributed by atoms with Crippen molar-refractivity contribution in [1.82, 2.24) is 9.97 Å². The van der Waals surface area contributed by atoms with Crippen LogP contribution < -0.4 is 16.2 Å². The molecule has 1 heterocycles. The SMILES string of the molecule is NCCN(c1cc(=O)[nH]c(C2CC2)n1)C1CC1. The second-order valence-corrected chi connectivity index (χ2v) is 4.98. The van der Waals surface area contributed by atoms with Crippen molar-refractivity contribution in [3.05, 3.63) is 22.2 Å². The van der Waals surface area contributed by atoms with Crippen LogP contribution in [0.3, 0.4) is 0 Å². The minimum absolute atomic E-state index is 0.0421. The first-order valence-corrected chi connectivity index (χ1v) is 6.36. The van der Waals surface area contributed by atoms with Crippen molar-refractivity contribution < 1.29 is 0 Å². The van der Waals surface area contributed by atoms with Crippen LogP contribution >= 0.6 is 0 Å². The Balaban J connectivity index is 1.91. The summed E-state index contributed by atoms with van der Waals surface area (Å²) in [4.78, 5) is 21.3.